The van der Waals surface area contributed by atoms with Gasteiger partial charge in [0.15, 0.2) is 0 Å². The molecule has 3 unspecified atom stereocenters. The van der Waals surface area contributed by atoms with Crippen LogP contribution in [0.2, 0.25) is 0 Å². The summed E-state index contributed by atoms with van der Waals surface area (Å²) in [4.78, 5) is 24.8. The number of hydrogen-bond donors (Lipinski definition) is 2. The van der Waals surface area contributed by atoms with Crippen LogP contribution in [0.25, 0.3) is 0 Å². The Labute approximate surface area is 175 Å². The maximum absolute atomic E-state index is 12.6. The molecule has 0 spiro atoms. The highest BCUT2D eigenvalue weighted by atomic mass is 79.9. The molecule has 1 aliphatic rings. The Morgan fingerprint density at radius 3 is 2.46 bits per heavy atom. The van der Waals surface area contributed by atoms with Crippen LogP contribution < -0.4 is 10.6 Å². The largest absolute Gasteiger partial charge is 0.349 e. The van der Waals surface area contributed by atoms with Gasteiger partial charge < -0.3 is 10.6 Å². The van der Waals surface area contributed by atoms with Crippen molar-refractivity contribution in [3.8, 4) is 0 Å². The summed E-state index contributed by atoms with van der Waals surface area (Å²) in [6.07, 6.45) is 3.47. The summed E-state index contributed by atoms with van der Waals surface area (Å²) >= 11 is 3.37. The minimum atomic E-state index is -0.122. The zero-order valence-electron chi connectivity index (χ0n) is 16.4. The molecule has 2 aromatic rings. The van der Waals surface area contributed by atoms with Crippen molar-refractivity contribution in [1.82, 2.24) is 10.6 Å². The normalized spacial score (nSPS) is 21.8. The van der Waals surface area contributed by atoms with Crippen molar-refractivity contribution in [3.63, 3.8) is 0 Å². The molecule has 1 aliphatic carbocycles. The molecule has 0 bridgehead atoms. The highest BCUT2D eigenvalue weighted by Gasteiger charge is 2.28. The van der Waals surface area contributed by atoms with Crippen LogP contribution in [0.15, 0.2) is 53.0 Å². The van der Waals surface area contributed by atoms with E-state index < -0.39 is 0 Å². The summed E-state index contributed by atoms with van der Waals surface area (Å²) in [6.45, 7) is 4.91. The van der Waals surface area contributed by atoms with Crippen molar-refractivity contribution in [3.05, 3.63) is 69.7 Å². The molecule has 1 fully saturated rings. The number of benzene rings is 2. The standard InChI is InChI=1S/C23H27BrN2O2/c1-15-5-3-8-21(16(15)2)26-23(28)18-11-9-17(10-12-18)14-25-22(27)19-6-4-7-20(24)13-19/h4,6-7,9-13,15-16,21H,3,5,8,14H2,1-2H3,(H,25,27)(H,26,28). The van der Waals surface area contributed by atoms with E-state index in [0.29, 0.717) is 29.5 Å². The van der Waals surface area contributed by atoms with E-state index in [4.69, 9.17) is 0 Å². The molecule has 148 valence electrons. The van der Waals surface area contributed by atoms with Crippen molar-refractivity contribution < 1.29 is 9.59 Å². The molecular weight excluding hydrogens is 416 g/mol. The van der Waals surface area contributed by atoms with Gasteiger partial charge >= 0.3 is 0 Å². The van der Waals surface area contributed by atoms with Gasteiger partial charge in [0, 0.05) is 28.2 Å². The van der Waals surface area contributed by atoms with Gasteiger partial charge in [-0.25, -0.2) is 0 Å². The Balaban J connectivity index is 1.54. The van der Waals surface area contributed by atoms with Crippen molar-refractivity contribution in [2.75, 3.05) is 0 Å². The van der Waals surface area contributed by atoms with Gasteiger partial charge in [0.25, 0.3) is 11.8 Å². The lowest BCUT2D eigenvalue weighted by Crippen LogP contribution is -2.43. The quantitative estimate of drug-likeness (QED) is 0.688. The third-order valence-corrected chi connectivity index (χ3v) is 6.27. The molecule has 2 aromatic carbocycles. The molecule has 2 N–H and O–H groups in total. The van der Waals surface area contributed by atoms with E-state index >= 15 is 0 Å². The van der Waals surface area contributed by atoms with Gasteiger partial charge in [-0.1, -0.05) is 60.8 Å². The fourth-order valence-electron chi connectivity index (χ4n) is 3.73. The van der Waals surface area contributed by atoms with E-state index in [1.165, 1.54) is 12.8 Å². The number of carbonyl (C=O) groups excluding carboxylic acids is 2. The molecule has 0 heterocycles. The maximum Gasteiger partial charge on any atom is 0.251 e. The minimum absolute atomic E-state index is 0.0179. The van der Waals surface area contributed by atoms with Crippen LogP contribution in [-0.2, 0) is 6.54 Å². The molecular formula is C23H27BrN2O2. The predicted octanol–water partition coefficient (Wildman–Crippen LogP) is 4.93. The lowest BCUT2D eigenvalue weighted by molar-refractivity contribution is 0.0889. The second-order valence-electron chi connectivity index (χ2n) is 7.74. The topological polar surface area (TPSA) is 58.2 Å². The Bertz CT molecular complexity index is 835. The zero-order valence-corrected chi connectivity index (χ0v) is 18.0. The first kappa shape index (κ1) is 20.6. The van der Waals surface area contributed by atoms with Crippen LogP contribution in [0.1, 0.15) is 59.4 Å². The fraction of sp³-hybridized carbons (Fsp3) is 0.391. The number of hydrogen-bond acceptors (Lipinski definition) is 2. The van der Waals surface area contributed by atoms with E-state index in [1.54, 1.807) is 12.1 Å². The van der Waals surface area contributed by atoms with Crippen LogP contribution in [0, 0.1) is 11.8 Å². The van der Waals surface area contributed by atoms with Crippen molar-refractivity contribution in [2.24, 2.45) is 11.8 Å². The number of nitrogens with one attached hydrogen (secondary N) is 2. The van der Waals surface area contributed by atoms with Crippen LogP contribution in [0.4, 0.5) is 0 Å². The van der Waals surface area contributed by atoms with E-state index in [1.807, 2.05) is 36.4 Å². The third kappa shape index (κ3) is 5.22. The van der Waals surface area contributed by atoms with Gasteiger partial charge in [0.1, 0.15) is 0 Å². The third-order valence-electron chi connectivity index (χ3n) is 5.78. The van der Waals surface area contributed by atoms with Crippen LogP contribution >= 0.6 is 15.9 Å². The van der Waals surface area contributed by atoms with E-state index in [-0.39, 0.29) is 17.9 Å². The highest BCUT2D eigenvalue weighted by Crippen LogP contribution is 2.29. The number of carbonyl (C=O) groups is 2. The van der Waals surface area contributed by atoms with Gasteiger partial charge in [-0.15, -0.1) is 0 Å². The molecule has 5 heteroatoms. The summed E-state index contributed by atoms with van der Waals surface area (Å²) in [5.74, 6) is 1.01. The second kappa shape index (κ2) is 9.37. The molecule has 0 aliphatic heterocycles. The first-order valence-electron chi connectivity index (χ1n) is 9.87. The Kier molecular flexibility index (Phi) is 6.89. The van der Waals surface area contributed by atoms with Crippen LogP contribution in [-0.4, -0.2) is 17.9 Å². The van der Waals surface area contributed by atoms with Crippen molar-refractivity contribution in [2.45, 2.75) is 45.7 Å². The number of halogens is 1. The van der Waals surface area contributed by atoms with Crippen LogP contribution in [0.3, 0.4) is 0 Å². The summed E-state index contributed by atoms with van der Waals surface area (Å²) in [6, 6.07) is 15.0. The van der Waals surface area contributed by atoms with Crippen LogP contribution in [0.5, 0.6) is 0 Å². The summed E-state index contributed by atoms with van der Waals surface area (Å²) in [5.41, 5.74) is 2.23. The maximum atomic E-state index is 12.6. The van der Waals surface area contributed by atoms with Crippen molar-refractivity contribution >= 4 is 27.7 Å². The predicted molar refractivity (Wildman–Crippen MR) is 115 cm³/mol. The van der Waals surface area contributed by atoms with Gasteiger partial charge in [-0.2, -0.15) is 0 Å². The van der Waals surface area contributed by atoms with Gasteiger partial charge in [0.05, 0.1) is 0 Å². The molecule has 0 saturated heterocycles. The molecule has 0 aromatic heterocycles. The molecule has 3 rings (SSSR count). The lowest BCUT2D eigenvalue weighted by Gasteiger charge is -2.34. The second-order valence-corrected chi connectivity index (χ2v) is 8.65. The van der Waals surface area contributed by atoms with E-state index in [0.717, 1.165) is 16.5 Å². The molecule has 3 atom stereocenters. The smallest absolute Gasteiger partial charge is 0.251 e. The van der Waals surface area contributed by atoms with Crippen molar-refractivity contribution in [1.29, 1.82) is 0 Å². The molecule has 0 radical (unpaired) electrons. The molecule has 4 nitrogen and oxygen atoms in total. The molecule has 1 saturated carbocycles. The van der Waals surface area contributed by atoms with Gasteiger partial charge in [0.2, 0.25) is 0 Å². The Hall–Kier alpha value is -2.14. The Morgan fingerprint density at radius 1 is 1.00 bits per heavy atom. The zero-order chi connectivity index (χ0) is 20.1. The first-order valence-corrected chi connectivity index (χ1v) is 10.7. The van der Waals surface area contributed by atoms with E-state index in [2.05, 4.69) is 40.4 Å². The fourth-order valence-corrected chi connectivity index (χ4v) is 4.12. The monoisotopic (exact) mass is 442 g/mol. The molecule has 2 amide bonds. The summed E-state index contributed by atoms with van der Waals surface area (Å²) in [7, 11) is 0. The van der Waals surface area contributed by atoms with Gasteiger partial charge in [-0.3, -0.25) is 9.59 Å². The number of rotatable bonds is 5. The molecule has 28 heavy (non-hydrogen) atoms. The van der Waals surface area contributed by atoms with E-state index in [9.17, 15) is 9.59 Å². The summed E-state index contributed by atoms with van der Waals surface area (Å²) in [5, 5.41) is 6.11. The SMILES string of the molecule is CC1CCCC(NC(=O)c2ccc(CNC(=O)c3cccc(Br)c3)cc2)C1C. The minimum Gasteiger partial charge on any atom is -0.349 e. The first-order chi connectivity index (χ1) is 13.4. The average molecular weight is 443 g/mol. The average Bonchev–Trinajstić information content (AvgIpc) is 2.70. The summed E-state index contributed by atoms with van der Waals surface area (Å²) < 4.78 is 0.872. The Morgan fingerprint density at radius 2 is 1.75 bits per heavy atom. The highest BCUT2D eigenvalue weighted by molar-refractivity contribution is 9.10. The van der Waals surface area contributed by atoms with Gasteiger partial charge in [-0.05, 0) is 54.2 Å². The lowest BCUT2D eigenvalue weighted by atomic mass is 9.78. The number of amides is 2.